The van der Waals surface area contributed by atoms with Crippen LogP contribution in [0.3, 0.4) is 0 Å². The lowest BCUT2D eigenvalue weighted by molar-refractivity contribution is -0.133. The van der Waals surface area contributed by atoms with Gasteiger partial charge in [-0.3, -0.25) is 9.59 Å². The number of benzene rings is 2. The third-order valence-electron chi connectivity index (χ3n) is 4.71. The fourth-order valence-electron chi connectivity index (χ4n) is 3.23. The third kappa shape index (κ3) is 3.90. The molecule has 1 fully saturated rings. The number of hydrogen-bond donors (Lipinski definition) is 0. The number of carbonyl (C=O) groups is 2. The van der Waals surface area contributed by atoms with Crippen LogP contribution in [0.25, 0.3) is 0 Å². The van der Waals surface area contributed by atoms with E-state index >= 15 is 0 Å². The second kappa shape index (κ2) is 7.51. The molecule has 0 aliphatic heterocycles. The van der Waals surface area contributed by atoms with E-state index in [9.17, 15) is 9.59 Å². The van der Waals surface area contributed by atoms with E-state index in [1.807, 2.05) is 74.6 Å². The van der Waals surface area contributed by atoms with Crippen molar-refractivity contribution in [1.82, 2.24) is 4.90 Å². The van der Waals surface area contributed by atoms with E-state index in [1.165, 1.54) is 0 Å². The summed E-state index contributed by atoms with van der Waals surface area (Å²) >= 11 is 0. The highest BCUT2D eigenvalue weighted by Crippen LogP contribution is 2.42. The lowest BCUT2D eigenvalue weighted by Crippen LogP contribution is -2.34. The first-order valence-electron chi connectivity index (χ1n) is 8.77. The van der Waals surface area contributed by atoms with Gasteiger partial charge >= 0.3 is 0 Å². The molecule has 2 atom stereocenters. The Morgan fingerprint density at radius 1 is 0.920 bits per heavy atom. The first-order valence-corrected chi connectivity index (χ1v) is 8.77. The van der Waals surface area contributed by atoms with E-state index in [-0.39, 0.29) is 23.7 Å². The predicted octanol–water partition coefficient (Wildman–Crippen LogP) is 3.33. The molecule has 2 aromatic carbocycles. The molecule has 1 aliphatic rings. The summed E-state index contributed by atoms with van der Waals surface area (Å²) in [5.41, 5.74) is 1.99. The maximum atomic E-state index is 12.8. The van der Waals surface area contributed by atoms with Gasteiger partial charge in [0.2, 0.25) is 11.8 Å². The summed E-state index contributed by atoms with van der Waals surface area (Å²) in [7, 11) is 1.81. The Balaban J connectivity index is 1.61. The van der Waals surface area contributed by atoms with Crippen molar-refractivity contribution in [2.75, 3.05) is 18.5 Å². The minimum atomic E-state index is -0.189. The number of amides is 2. The fourth-order valence-corrected chi connectivity index (χ4v) is 3.23. The molecule has 0 radical (unpaired) electrons. The van der Waals surface area contributed by atoms with E-state index < -0.39 is 0 Å². The standard InChI is InChI=1S/C21H24N2O2/c1-3-23(17-12-8-5-9-13-17)21(25)19-14-18(19)20(24)22(2)15-16-10-6-4-7-11-16/h4-13,18-19H,3,14-15H2,1-2H3. The van der Waals surface area contributed by atoms with Crippen LogP contribution in [0.1, 0.15) is 18.9 Å². The Morgan fingerprint density at radius 3 is 2.08 bits per heavy atom. The molecule has 2 amide bonds. The van der Waals surface area contributed by atoms with E-state index in [4.69, 9.17) is 0 Å². The zero-order valence-corrected chi connectivity index (χ0v) is 14.8. The zero-order chi connectivity index (χ0) is 17.8. The molecule has 4 heteroatoms. The van der Waals surface area contributed by atoms with Gasteiger partial charge in [0.15, 0.2) is 0 Å². The molecule has 0 saturated heterocycles. The number of para-hydroxylation sites is 1. The smallest absolute Gasteiger partial charge is 0.230 e. The van der Waals surface area contributed by atoms with Crippen molar-refractivity contribution in [3.05, 3.63) is 66.2 Å². The monoisotopic (exact) mass is 336 g/mol. The minimum absolute atomic E-state index is 0.0557. The fraction of sp³-hybridized carbons (Fsp3) is 0.333. The molecule has 0 N–H and O–H groups in total. The second-order valence-corrected chi connectivity index (χ2v) is 6.55. The summed E-state index contributed by atoms with van der Waals surface area (Å²) in [6.45, 7) is 3.15. The van der Waals surface area contributed by atoms with Gasteiger partial charge in [0.25, 0.3) is 0 Å². The van der Waals surface area contributed by atoms with Crippen LogP contribution in [0.2, 0.25) is 0 Å². The van der Waals surface area contributed by atoms with Gasteiger partial charge in [-0.05, 0) is 31.0 Å². The van der Waals surface area contributed by atoms with Crippen LogP contribution in [0.5, 0.6) is 0 Å². The summed E-state index contributed by atoms with van der Waals surface area (Å²) < 4.78 is 0. The van der Waals surface area contributed by atoms with E-state index in [2.05, 4.69) is 0 Å². The van der Waals surface area contributed by atoms with Gasteiger partial charge < -0.3 is 9.80 Å². The molecule has 2 unspecified atom stereocenters. The summed E-state index contributed by atoms with van der Waals surface area (Å²) in [6, 6.07) is 19.6. The van der Waals surface area contributed by atoms with Crippen molar-refractivity contribution in [3.63, 3.8) is 0 Å². The number of anilines is 1. The van der Waals surface area contributed by atoms with Gasteiger partial charge in [-0.15, -0.1) is 0 Å². The number of rotatable bonds is 6. The second-order valence-electron chi connectivity index (χ2n) is 6.55. The van der Waals surface area contributed by atoms with Crippen molar-refractivity contribution in [2.45, 2.75) is 19.9 Å². The number of nitrogens with zero attached hydrogens (tertiary/aromatic N) is 2. The molecule has 0 spiro atoms. The molecule has 2 aromatic rings. The highest BCUT2D eigenvalue weighted by molar-refractivity contribution is 6.01. The maximum Gasteiger partial charge on any atom is 0.230 e. The van der Waals surface area contributed by atoms with Crippen LogP contribution < -0.4 is 4.90 Å². The van der Waals surface area contributed by atoms with Gasteiger partial charge in [0, 0.05) is 25.8 Å². The maximum absolute atomic E-state index is 12.8. The summed E-state index contributed by atoms with van der Waals surface area (Å²) in [6.07, 6.45) is 0.653. The van der Waals surface area contributed by atoms with Crippen LogP contribution in [-0.4, -0.2) is 30.3 Å². The van der Waals surface area contributed by atoms with Gasteiger partial charge in [-0.25, -0.2) is 0 Å². The SMILES string of the molecule is CCN(C(=O)C1CC1C(=O)N(C)Cc1ccccc1)c1ccccc1. The topological polar surface area (TPSA) is 40.6 Å². The van der Waals surface area contributed by atoms with E-state index in [1.54, 1.807) is 9.80 Å². The lowest BCUT2D eigenvalue weighted by atomic mass is 10.2. The average Bonchev–Trinajstić information content (AvgIpc) is 3.44. The largest absolute Gasteiger partial charge is 0.341 e. The van der Waals surface area contributed by atoms with Crippen LogP contribution in [0.15, 0.2) is 60.7 Å². The first-order chi connectivity index (χ1) is 12.1. The summed E-state index contributed by atoms with van der Waals surface area (Å²) in [5.74, 6) is -0.253. The van der Waals surface area contributed by atoms with Gasteiger partial charge in [-0.2, -0.15) is 0 Å². The normalized spacial score (nSPS) is 18.5. The highest BCUT2D eigenvalue weighted by atomic mass is 16.2. The predicted molar refractivity (Wildman–Crippen MR) is 99.0 cm³/mol. The molecule has 25 heavy (non-hydrogen) atoms. The average molecular weight is 336 g/mol. The number of carbonyl (C=O) groups excluding carboxylic acids is 2. The lowest BCUT2D eigenvalue weighted by Gasteiger charge is -2.22. The van der Waals surface area contributed by atoms with Crippen molar-refractivity contribution >= 4 is 17.5 Å². The van der Waals surface area contributed by atoms with E-state index in [0.717, 1.165) is 11.3 Å². The van der Waals surface area contributed by atoms with Gasteiger partial charge in [0.05, 0.1) is 11.8 Å². The van der Waals surface area contributed by atoms with Crippen molar-refractivity contribution in [2.24, 2.45) is 11.8 Å². The third-order valence-corrected chi connectivity index (χ3v) is 4.71. The molecule has 1 saturated carbocycles. The first kappa shape index (κ1) is 17.2. The minimum Gasteiger partial charge on any atom is -0.341 e. The summed E-state index contributed by atoms with van der Waals surface area (Å²) in [4.78, 5) is 28.9. The molecular formula is C21H24N2O2. The van der Waals surface area contributed by atoms with Crippen molar-refractivity contribution in [3.8, 4) is 0 Å². The molecule has 1 aliphatic carbocycles. The van der Waals surface area contributed by atoms with Gasteiger partial charge in [0.1, 0.15) is 0 Å². The van der Waals surface area contributed by atoms with Crippen LogP contribution in [0, 0.1) is 11.8 Å². The van der Waals surface area contributed by atoms with Gasteiger partial charge in [-0.1, -0.05) is 48.5 Å². The Bertz CT molecular complexity index is 730. The Morgan fingerprint density at radius 2 is 1.48 bits per heavy atom. The number of hydrogen-bond acceptors (Lipinski definition) is 2. The molecular weight excluding hydrogens is 312 g/mol. The van der Waals surface area contributed by atoms with E-state index in [0.29, 0.717) is 19.5 Å². The Labute approximate surface area is 149 Å². The molecule has 3 rings (SSSR count). The highest BCUT2D eigenvalue weighted by Gasteiger charge is 2.50. The van der Waals surface area contributed by atoms with Crippen molar-refractivity contribution in [1.29, 1.82) is 0 Å². The molecule has 130 valence electrons. The molecule has 0 aromatic heterocycles. The molecule has 4 nitrogen and oxygen atoms in total. The quantitative estimate of drug-likeness (QED) is 0.812. The van der Waals surface area contributed by atoms with Crippen LogP contribution in [0.4, 0.5) is 5.69 Å². The zero-order valence-electron chi connectivity index (χ0n) is 14.8. The van der Waals surface area contributed by atoms with Crippen LogP contribution >= 0.6 is 0 Å². The molecule has 0 bridgehead atoms. The Kier molecular flexibility index (Phi) is 5.17. The van der Waals surface area contributed by atoms with Crippen LogP contribution in [-0.2, 0) is 16.1 Å². The summed E-state index contributed by atoms with van der Waals surface area (Å²) in [5, 5.41) is 0. The Hall–Kier alpha value is -2.62. The molecule has 0 heterocycles. The van der Waals surface area contributed by atoms with Crippen molar-refractivity contribution < 1.29 is 9.59 Å².